The van der Waals surface area contributed by atoms with Gasteiger partial charge in [-0.3, -0.25) is 10.1 Å². The lowest BCUT2D eigenvalue weighted by Crippen LogP contribution is -2.26. The minimum atomic E-state index is -0.580. The second-order valence-corrected chi connectivity index (χ2v) is 4.46. The van der Waals surface area contributed by atoms with Gasteiger partial charge in [-0.2, -0.15) is 0 Å². The molecule has 1 aliphatic heterocycles. The summed E-state index contributed by atoms with van der Waals surface area (Å²) in [5.41, 5.74) is 1.69. The molecule has 0 aliphatic carbocycles. The lowest BCUT2D eigenvalue weighted by molar-refractivity contribution is -0.119. The summed E-state index contributed by atoms with van der Waals surface area (Å²) >= 11 is 0. The number of fused-ring (bicyclic) bond motifs is 1. The number of nitrogens with one attached hydrogen (secondary N) is 2. The Kier molecular flexibility index (Phi) is 2.53. The summed E-state index contributed by atoms with van der Waals surface area (Å²) < 4.78 is 4.51. The van der Waals surface area contributed by atoms with Crippen molar-refractivity contribution in [3.63, 3.8) is 0 Å². The normalized spacial score (nSPS) is 16.1. The van der Waals surface area contributed by atoms with E-state index in [0.29, 0.717) is 5.69 Å². The number of ether oxygens (including phenoxy) is 1. The summed E-state index contributed by atoms with van der Waals surface area (Å²) in [5, 5.41) is 5.37. The van der Waals surface area contributed by atoms with E-state index in [1.54, 1.807) is 18.2 Å². The van der Waals surface area contributed by atoms with E-state index in [1.807, 2.05) is 13.8 Å². The molecule has 0 spiro atoms. The second kappa shape index (κ2) is 3.76. The number of amides is 2. The maximum Gasteiger partial charge on any atom is 0.411 e. The highest BCUT2D eigenvalue weighted by atomic mass is 16.5. The predicted molar refractivity (Wildman–Crippen MR) is 64.1 cm³/mol. The van der Waals surface area contributed by atoms with Crippen molar-refractivity contribution in [2.24, 2.45) is 0 Å². The van der Waals surface area contributed by atoms with Gasteiger partial charge in [-0.25, -0.2) is 4.79 Å². The number of carbonyl (C=O) groups excluding carboxylic acids is 2. The third kappa shape index (κ3) is 1.84. The lowest BCUT2D eigenvalue weighted by Gasteiger charge is -2.15. The van der Waals surface area contributed by atoms with Crippen molar-refractivity contribution in [2.75, 3.05) is 17.7 Å². The van der Waals surface area contributed by atoms with Crippen LogP contribution in [0.3, 0.4) is 0 Å². The van der Waals surface area contributed by atoms with Gasteiger partial charge in [0.15, 0.2) is 0 Å². The molecule has 90 valence electrons. The lowest BCUT2D eigenvalue weighted by atomic mass is 9.86. The molecule has 0 bridgehead atoms. The smallest absolute Gasteiger partial charge is 0.411 e. The first-order chi connectivity index (χ1) is 7.95. The van der Waals surface area contributed by atoms with Crippen molar-refractivity contribution in [2.45, 2.75) is 19.3 Å². The second-order valence-electron chi connectivity index (χ2n) is 4.46. The van der Waals surface area contributed by atoms with Crippen LogP contribution in [0.15, 0.2) is 18.2 Å². The Morgan fingerprint density at radius 2 is 2.12 bits per heavy atom. The molecule has 5 nitrogen and oxygen atoms in total. The summed E-state index contributed by atoms with van der Waals surface area (Å²) in [7, 11) is 1.30. The molecule has 5 heteroatoms. The fourth-order valence-corrected chi connectivity index (χ4v) is 1.82. The van der Waals surface area contributed by atoms with Gasteiger partial charge >= 0.3 is 6.09 Å². The maximum absolute atomic E-state index is 11.7. The molecule has 2 amide bonds. The van der Waals surface area contributed by atoms with Crippen LogP contribution < -0.4 is 10.6 Å². The molecule has 17 heavy (non-hydrogen) atoms. The highest BCUT2D eigenvalue weighted by molar-refractivity contribution is 6.06. The van der Waals surface area contributed by atoms with Crippen LogP contribution in [0.5, 0.6) is 0 Å². The Bertz CT molecular complexity index is 495. The average molecular weight is 234 g/mol. The van der Waals surface area contributed by atoms with E-state index in [0.717, 1.165) is 11.3 Å². The highest BCUT2D eigenvalue weighted by Gasteiger charge is 2.38. The van der Waals surface area contributed by atoms with Crippen LogP contribution in [0.25, 0.3) is 0 Å². The van der Waals surface area contributed by atoms with E-state index in [-0.39, 0.29) is 5.91 Å². The molecule has 0 unspecified atom stereocenters. The third-order valence-electron chi connectivity index (χ3n) is 2.94. The fraction of sp³-hybridized carbons (Fsp3) is 0.333. The van der Waals surface area contributed by atoms with E-state index >= 15 is 0 Å². The minimum absolute atomic E-state index is 0.0391. The molecule has 1 aliphatic rings. The minimum Gasteiger partial charge on any atom is -0.453 e. The van der Waals surface area contributed by atoms with E-state index < -0.39 is 11.5 Å². The van der Waals surface area contributed by atoms with Crippen LogP contribution in [0.2, 0.25) is 0 Å². The number of benzene rings is 1. The van der Waals surface area contributed by atoms with Crippen LogP contribution in [0.1, 0.15) is 19.4 Å². The summed E-state index contributed by atoms with van der Waals surface area (Å²) in [6.45, 7) is 3.69. The summed E-state index contributed by atoms with van der Waals surface area (Å²) in [6, 6.07) is 5.27. The van der Waals surface area contributed by atoms with Gasteiger partial charge in [0.05, 0.1) is 12.5 Å². The maximum atomic E-state index is 11.7. The zero-order chi connectivity index (χ0) is 12.6. The molecule has 2 N–H and O–H groups in total. The number of carbonyl (C=O) groups is 2. The van der Waals surface area contributed by atoms with E-state index in [1.165, 1.54) is 7.11 Å². The van der Waals surface area contributed by atoms with Gasteiger partial charge in [-0.05, 0) is 37.6 Å². The van der Waals surface area contributed by atoms with Crippen LogP contribution in [0.4, 0.5) is 16.2 Å². The van der Waals surface area contributed by atoms with Gasteiger partial charge in [-0.15, -0.1) is 0 Å². The average Bonchev–Trinajstić information content (AvgIpc) is 2.51. The Morgan fingerprint density at radius 3 is 2.76 bits per heavy atom. The van der Waals surface area contributed by atoms with Gasteiger partial charge in [0.25, 0.3) is 0 Å². The Morgan fingerprint density at radius 1 is 1.41 bits per heavy atom. The van der Waals surface area contributed by atoms with Crippen LogP contribution in [-0.4, -0.2) is 19.1 Å². The Hall–Kier alpha value is -2.04. The van der Waals surface area contributed by atoms with Gasteiger partial charge < -0.3 is 10.1 Å². The quantitative estimate of drug-likeness (QED) is 0.781. The van der Waals surface area contributed by atoms with Crippen molar-refractivity contribution in [3.05, 3.63) is 23.8 Å². The molecule has 1 aromatic rings. The summed E-state index contributed by atoms with van der Waals surface area (Å²) in [5.74, 6) is -0.0391. The molecule has 0 saturated heterocycles. The first-order valence-corrected chi connectivity index (χ1v) is 5.26. The van der Waals surface area contributed by atoms with Crippen molar-refractivity contribution >= 4 is 23.4 Å². The molecule has 0 atom stereocenters. The molecule has 0 fully saturated rings. The van der Waals surface area contributed by atoms with Gasteiger partial charge in [-0.1, -0.05) is 0 Å². The summed E-state index contributed by atoms with van der Waals surface area (Å²) in [6.07, 6.45) is -0.528. The molecule has 1 heterocycles. The SMILES string of the molecule is COC(=O)Nc1ccc2c(c1)C(C)(C)C(=O)N2. The fourth-order valence-electron chi connectivity index (χ4n) is 1.82. The van der Waals surface area contributed by atoms with Crippen molar-refractivity contribution in [3.8, 4) is 0 Å². The zero-order valence-corrected chi connectivity index (χ0v) is 9.96. The largest absolute Gasteiger partial charge is 0.453 e. The Balaban J connectivity index is 2.35. The van der Waals surface area contributed by atoms with Gasteiger partial charge in [0.1, 0.15) is 0 Å². The van der Waals surface area contributed by atoms with Crippen LogP contribution in [0, 0.1) is 0 Å². The number of anilines is 2. The first-order valence-electron chi connectivity index (χ1n) is 5.26. The summed E-state index contributed by atoms with van der Waals surface area (Å²) in [4.78, 5) is 22.8. The third-order valence-corrected chi connectivity index (χ3v) is 2.94. The van der Waals surface area contributed by atoms with Gasteiger partial charge in [0.2, 0.25) is 5.91 Å². The number of hydrogen-bond donors (Lipinski definition) is 2. The standard InChI is InChI=1S/C12H14N2O3/c1-12(2)8-6-7(13-11(16)17-3)4-5-9(8)14-10(12)15/h4-6H,1-3H3,(H,13,16)(H,14,15). The topological polar surface area (TPSA) is 67.4 Å². The highest BCUT2D eigenvalue weighted by Crippen LogP contribution is 2.38. The number of methoxy groups -OCH3 is 1. The van der Waals surface area contributed by atoms with E-state index in [4.69, 9.17) is 0 Å². The zero-order valence-electron chi connectivity index (χ0n) is 9.96. The predicted octanol–water partition coefficient (Wildman–Crippen LogP) is 2.09. The molecule has 0 radical (unpaired) electrons. The first kappa shape index (κ1) is 11.4. The monoisotopic (exact) mass is 234 g/mol. The van der Waals surface area contributed by atoms with Crippen molar-refractivity contribution < 1.29 is 14.3 Å². The van der Waals surface area contributed by atoms with E-state index in [2.05, 4.69) is 15.4 Å². The molecular formula is C12H14N2O3. The molecule has 2 rings (SSSR count). The van der Waals surface area contributed by atoms with E-state index in [9.17, 15) is 9.59 Å². The molecule has 0 saturated carbocycles. The van der Waals surface area contributed by atoms with Crippen LogP contribution in [-0.2, 0) is 14.9 Å². The number of hydrogen-bond acceptors (Lipinski definition) is 3. The van der Waals surface area contributed by atoms with Crippen molar-refractivity contribution in [1.29, 1.82) is 0 Å². The van der Waals surface area contributed by atoms with Crippen LogP contribution >= 0.6 is 0 Å². The molecule has 1 aromatic carbocycles. The molecular weight excluding hydrogens is 220 g/mol. The molecule has 0 aromatic heterocycles. The Labute approximate surface area is 99.2 Å². The van der Waals surface area contributed by atoms with Crippen molar-refractivity contribution in [1.82, 2.24) is 0 Å². The van der Waals surface area contributed by atoms with Gasteiger partial charge in [0, 0.05) is 11.4 Å². The number of rotatable bonds is 1.